The molecule has 1 aliphatic rings. The van der Waals surface area contributed by atoms with Gasteiger partial charge in [-0.1, -0.05) is 6.07 Å². The Kier molecular flexibility index (Phi) is 2.88. The van der Waals surface area contributed by atoms with E-state index in [-0.39, 0.29) is 6.04 Å². The summed E-state index contributed by atoms with van der Waals surface area (Å²) in [5.74, 6) is 0.630. The molecule has 1 aromatic heterocycles. The maximum Gasteiger partial charge on any atom is 0.128 e. The van der Waals surface area contributed by atoms with Gasteiger partial charge in [0.25, 0.3) is 0 Å². The Morgan fingerprint density at radius 1 is 1.60 bits per heavy atom. The maximum atomic E-state index is 5.87. The molecule has 0 saturated heterocycles. The van der Waals surface area contributed by atoms with Gasteiger partial charge in [-0.15, -0.1) is 0 Å². The molecule has 1 saturated carbocycles. The minimum atomic E-state index is 0.274. The lowest BCUT2D eigenvalue weighted by Gasteiger charge is -2.28. The monoisotopic (exact) mass is 206 g/mol. The topological polar surface area (TPSA) is 54.2 Å². The van der Waals surface area contributed by atoms with Gasteiger partial charge >= 0.3 is 0 Å². The van der Waals surface area contributed by atoms with E-state index in [1.807, 2.05) is 19.2 Å². The van der Waals surface area contributed by atoms with Crippen molar-refractivity contribution in [3.63, 3.8) is 0 Å². The van der Waals surface area contributed by atoms with Gasteiger partial charge in [0.1, 0.15) is 5.82 Å². The predicted octanol–water partition coefficient (Wildman–Crippen LogP) is 1.32. The molecule has 1 aliphatic carbocycles. The summed E-state index contributed by atoms with van der Waals surface area (Å²) < 4.78 is 0. The average molecular weight is 206 g/mol. The Morgan fingerprint density at radius 3 is 2.87 bits per heavy atom. The van der Waals surface area contributed by atoms with E-state index in [0.29, 0.717) is 11.9 Å². The number of rotatable bonds is 4. The van der Waals surface area contributed by atoms with Crippen molar-refractivity contribution < 1.29 is 0 Å². The van der Waals surface area contributed by atoms with Crippen LogP contribution in [0.15, 0.2) is 18.3 Å². The number of hydrazine groups is 1. The summed E-state index contributed by atoms with van der Waals surface area (Å²) in [4.78, 5) is 4.12. The Hall–Kier alpha value is -1.13. The molecule has 0 amide bonds. The van der Waals surface area contributed by atoms with Gasteiger partial charge in [-0.3, -0.25) is 5.43 Å². The van der Waals surface area contributed by atoms with E-state index >= 15 is 0 Å². The Morgan fingerprint density at radius 2 is 2.33 bits per heavy atom. The highest BCUT2D eigenvalue weighted by Crippen LogP contribution is 2.33. The highest BCUT2D eigenvalue weighted by Gasteiger charge is 2.32. The third-order valence-corrected chi connectivity index (χ3v) is 2.94. The van der Waals surface area contributed by atoms with E-state index in [2.05, 4.69) is 22.3 Å². The number of nitrogen functional groups attached to an aromatic ring is 1. The summed E-state index contributed by atoms with van der Waals surface area (Å²) in [6.07, 6.45) is 4.27. The van der Waals surface area contributed by atoms with Crippen molar-refractivity contribution in [2.75, 3.05) is 12.8 Å². The van der Waals surface area contributed by atoms with Crippen LogP contribution in [-0.4, -0.2) is 23.1 Å². The van der Waals surface area contributed by atoms with E-state index in [4.69, 9.17) is 5.73 Å². The van der Waals surface area contributed by atoms with E-state index in [1.54, 1.807) is 6.20 Å². The first-order valence-corrected chi connectivity index (χ1v) is 5.40. The van der Waals surface area contributed by atoms with Gasteiger partial charge in [0.2, 0.25) is 0 Å². The highest BCUT2D eigenvalue weighted by molar-refractivity contribution is 5.40. The fraction of sp³-hybridized carbons (Fsp3) is 0.545. The van der Waals surface area contributed by atoms with E-state index < -0.39 is 0 Å². The third-order valence-electron chi connectivity index (χ3n) is 2.94. The van der Waals surface area contributed by atoms with Crippen LogP contribution in [0, 0.1) is 0 Å². The molecule has 0 radical (unpaired) electrons. The maximum absolute atomic E-state index is 5.87. The van der Waals surface area contributed by atoms with Crippen LogP contribution in [0.3, 0.4) is 0 Å². The number of nitrogens with two attached hydrogens (primary N) is 1. The molecule has 1 aromatic rings. The molecule has 3 N–H and O–H groups in total. The Bertz CT molecular complexity index is 335. The summed E-state index contributed by atoms with van der Waals surface area (Å²) in [6.45, 7) is 2.15. The number of nitrogens with zero attached hydrogens (tertiary/aromatic N) is 2. The molecule has 1 heterocycles. The predicted molar refractivity (Wildman–Crippen MR) is 61.0 cm³/mol. The SMILES string of the molecule is CNN(C1CC1)C(C)c1cccnc1N. The van der Waals surface area contributed by atoms with Crippen molar-refractivity contribution >= 4 is 5.82 Å². The van der Waals surface area contributed by atoms with Gasteiger partial charge in [-0.05, 0) is 32.9 Å². The Balaban J connectivity index is 2.18. The van der Waals surface area contributed by atoms with Gasteiger partial charge in [-0.2, -0.15) is 0 Å². The smallest absolute Gasteiger partial charge is 0.128 e. The first-order valence-electron chi connectivity index (χ1n) is 5.40. The standard InChI is InChI=1S/C11H18N4/c1-8(15(13-2)9-5-6-9)10-4-3-7-14-11(10)12/h3-4,7-9,13H,5-6H2,1-2H3,(H2,12,14). The zero-order valence-electron chi connectivity index (χ0n) is 9.27. The largest absolute Gasteiger partial charge is 0.383 e. The molecule has 15 heavy (non-hydrogen) atoms. The van der Waals surface area contributed by atoms with Crippen LogP contribution in [0.4, 0.5) is 5.82 Å². The second-order valence-electron chi connectivity index (χ2n) is 4.02. The number of hydrogen-bond donors (Lipinski definition) is 2. The van der Waals surface area contributed by atoms with Crippen LogP contribution >= 0.6 is 0 Å². The van der Waals surface area contributed by atoms with Crippen LogP contribution in [0.2, 0.25) is 0 Å². The van der Waals surface area contributed by atoms with Crippen molar-refractivity contribution in [3.05, 3.63) is 23.9 Å². The molecule has 0 spiro atoms. The van der Waals surface area contributed by atoms with Gasteiger partial charge < -0.3 is 5.73 Å². The number of nitrogens with one attached hydrogen (secondary N) is 1. The summed E-state index contributed by atoms with van der Waals surface area (Å²) in [5.41, 5.74) is 10.2. The zero-order chi connectivity index (χ0) is 10.8. The van der Waals surface area contributed by atoms with E-state index in [1.165, 1.54) is 12.8 Å². The quantitative estimate of drug-likeness (QED) is 0.730. The molecule has 0 bridgehead atoms. The highest BCUT2D eigenvalue weighted by atomic mass is 15.5. The minimum Gasteiger partial charge on any atom is -0.383 e. The molecule has 4 heteroatoms. The summed E-state index contributed by atoms with van der Waals surface area (Å²) in [7, 11) is 1.96. The lowest BCUT2D eigenvalue weighted by molar-refractivity contribution is 0.139. The van der Waals surface area contributed by atoms with Crippen molar-refractivity contribution in [3.8, 4) is 0 Å². The molecule has 4 nitrogen and oxygen atoms in total. The summed E-state index contributed by atoms with van der Waals surface area (Å²) in [6, 6.07) is 4.91. The first kappa shape index (κ1) is 10.4. The molecule has 0 aliphatic heterocycles. The molecular weight excluding hydrogens is 188 g/mol. The van der Waals surface area contributed by atoms with Crippen molar-refractivity contribution in [1.82, 2.24) is 15.4 Å². The van der Waals surface area contributed by atoms with Crippen molar-refractivity contribution in [1.29, 1.82) is 0 Å². The minimum absolute atomic E-state index is 0.274. The Labute approximate surface area is 90.5 Å². The second kappa shape index (κ2) is 4.16. The van der Waals surface area contributed by atoms with Crippen LogP contribution in [0.1, 0.15) is 31.4 Å². The molecule has 82 valence electrons. The molecule has 1 atom stereocenters. The van der Waals surface area contributed by atoms with Gasteiger partial charge in [0.05, 0.1) is 6.04 Å². The third kappa shape index (κ3) is 2.11. The average Bonchev–Trinajstić information content (AvgIpc) is 3.03. The fourth-order valence-corrected chi connectivity index (χ4v) is 1.98. The lowest BCUT2D eigenvalue weighted by atomic mass is 10.1. The van der Waals surface area contributed by atoms with Gasteiger partial charge in [0.15, 0.2) is 0 Å². The number of anilines is 1. The number of pyridine rings is 1. The van der Waals surface area contributed by atoms with Crippen LogP contribution in [-0.2, 0) is 0 Å². The van der Waals surface area contributed by atoms with Crippen molar-refractivity contribution in [2.24, 2.45) is 0 Å². The number of aromatic nitrogens is 1. The van der Waals surface area contributed by atoms with Crippen LogP contribution < -0.4 is 11.2 Å². The fourth-order valence-electron chi connectivity index (χ4n) is 1.98. The van der Waals surface area contributed by atoms with Crippen LogP contribution in [0.25, 0.3) is 0 Å². The zero-order valence-corrected chi connectivity index (χ0v) is 9.27. The normalized spacial score (nSPS) is 18.1. The van der Waals surface area contributed by atoms with Crippen LogP contribution in [0.5, 0.6) is 0 Å². The number of hydrogen-bond acceptors (Lipinski definition) is 4. The lowest BCUT2D eigenvalue weighted by Crippen LogP contribution is -2.39. The molecule has 0 aromatic carbocycles. The van der Waals surface area contributed by atoms with E-state index in [9.17, 15) is 0 Å². The van der Waals surface area contributed by atoms with Gasteiger partial charge in [-0.25, -0.2) is 9.99 Å². The van der Waals surface area contributed by atoms with E-state index in [0.717, 1.165) is 5.56 Å². The first-order chi connectivity index (χ1) is 7.24. The second-order valence-corrected chi connectivity index (χ2v) is 4.02. The molecule has 2 rings (SSSR count). The van der Waals surface area contributed by atoms with Gasteiger partial charge in [0, 0.05) is 17.8 Å². The summed E-state index contributed by atoms with van der Waals surface area (Å²) in [5, 5.41) is 2.26. The van der Waals surface area contributed by atoms with Crippen molar-refractivity contribution in [2.45, 2.75) is 31.8 Å². The summed E-state index contributed by atoms with van der Waals surface area (Å²) >= 11 is 0. The molecule has 1 unspecified atom stereocenters. The molecule has 1 fully saturated rings. The molecular formula is C11H18N4.